The standard InChI is InChI=1S/C35H43NO6/c1-25-15-14-18-28(21-25)30-23-32(42-31(30)19-12-7-5-3-4-6-8-13-20-37)33(38)26(2)34(39)36-29(24-41-35(36)40)22-27-16-10-9-11-17-27/h9-11,14-18,21,23,26,29,37H,3-8,12-13,19-20,22,24H2,1-2H3. The molecule has 2 aromatic carbocycles. The van der Waals surface area contributed by atoms with Crippen LogP contribution in [0.2, 0.25) is 0 Å². The second-order valence-corrected chi connectivity index (χ2v) is 11.3. The van der Waals surface area contributed by atoms with E-state index in [4.69, 9.17) is 14.3 Å². The number of Topliss-reactive ketones (excluding diaryl/α,β-unsaturated/α-hetero) is 1. The largest absolute Gasteiger partial charge is 0.457 e. The van der Waals surface area contributed by atoms with Crippen LogP contribution in [0.15, 0.2) is 65.1 Å². The number of ketones is 1. The predicted octanol–water partition coefficient (Wildman–Crippen LogP) is 7.32. The van der Waals surface area contributed by atoms with Crippen LogP contribution in [0.1, 0.15) is 85.7 Å². The van der Waals surface area contributed by atoms with E-state index in [2.05, 4.69) is 6.07 Å². The Morgan fingerprint density at radius 3 is 2.31 bits per heavy atom. The van der Waals surface area contributed by atoms with Gasteiger partial charge >= 0.3 is 6.09 Å². The van der Waals surface area contributed by atoms with Gasteiger partial charge in [0.05, 0.1) is 6.04 Å². The fourth-order valence-corrected chi connectivity index (χ4v) is 5.55. The van der Waals surface area contributed by atoms with Crippen LogP contribution in [0.3, 0.4) is 0 Å². The predicted molar refractivity (Wildman–Crippen MR) is 162 cm³/mol. The van der Waals surface area contributed by atoms with E-state index in [-0.39, 0.29) is 19.0 Å². The average Bonchev–Trinajstić information content (AvgIpc) is 3.59. The SMILES string of the molecule is Cc1cccc(-c2cc(C(=O)C(C)C(=O)N3C(=O)OCC3Cc3ccccc3)oc2CCCCCCCCCCO)c1. The Kier molecular flexibility index (Phi) is 11.5. The maximum Gasteiger partial charge on any atom is 0.417 e. The van der Waals surface area contributed by atoms with Crippen molar-refractivity contribution in [3.05, 3.63) is 83.3 Å². The first-order valence-electron chi connectivity index (χ1n) is 15.3. The van der Waals surface area contributed by atoms with Gasteiger partial charge in [-0.3, -0.25) is 9.59 Å². The van der Waals surface area contributed by atoms with Crippen LogP contribution in [0.4, 0.5) is 4.79 Å². The number of carbonyl (C=O) groups excluding carboxylic acids is 3. The van der Waals surface area contributed by atoms with Crippen molar-refractivity contribution in [2.45, 2.75) is 84.1 Å². The molecule has 0 saturated carbocycles. The molecule has 1 aliphatic heterocycles. The second kappa shape index (κ2) is 15.5. The summed E-state index contributed by atoms with van der Waals surface area (Å²) < 4.78 is 11.4. The molecule has 3 aromatic rings. The molecule has 1 saturated heterocycles. The fourth-order valence-electron chi connectivity index (χ4n) is 5.55. The molecule has 2 amide bonds. The van der Waals surface area contributed by atoms with Crippen LogP contribution in [-0.4, -0.2) is 47.0 Å². The number of carbonyl (C=O) groups is 3. The molecular weight excluding hydrogens is 530 g/mol. The van der Waals surface area contributed by atoms with E-state index in [1.165, 1.54) is 19.8 Å². The first-order chi connectivity index (χ1) is 20.4. The molecule has 0 bridgehead atoms. The van der Waals surface area contributed by atoms with Crippen molar-refractivity contribution in [2.75, 3.05) is 13.2 Å². The summed E-state index contributed by atoms with van der Waals surface area (Å²) in [7, 11) is 0. The summed E-state index contributed by atoms with van der Waals surface area (Å²) in [6.45, 7) is 3.93. The van der Waals surface area contributed by atoms with Gasteiger partial charge < -0.3 is 14.3 Å². The van der Waals surface area contributed by atoms with Crippen molar-refractivity contribution in [2.24, 2.45) is 5.92 Å². The van der Waals surface area contributed by atoms with Crippen LogP contribution in [-0.2, 0) is 22.4 Å². The Labute approximate surface area is 248 Å². The van der Waals surface area contributed by atoms with Gasteiger partial charge in [-0.05, 0) is 50.3 Å². The summed E-state index contributed by atoms with van der Waals surface area (Å²) in [4.78, 5) is 40.7. The summed E-state index contributed by atoms with van der Waals surface area (Å²) >= 11 is 0. The lowest BCUT2D eigenvalue weighted by Gasteiger charge is -2.22. The van der Waals surface area contributed by atoms with Gasteiger partial charge in [-0.15, -0.1) is 0 Å². The van der Waals surface area contributed by atoms with E-state index in [0.29, 0.717) is 12.8 Å². The summed E-state index contributed by atoms with van der Waals surface area (Å²) in [6, 6.07) is 19.0. The number of nitrogens with zero attached hydrogens (tertiary/aromatic N) is 1. The molecule has 0 spiro atoms. The summed E-state index contributed by atoms with van der Waals surface area (Å²) in [5, 5.41) is 8.91. The average molecular weight is 574 g/mol. The number of imide groups is 1. The third-order valence-corrected chi connectivity index (χ3v) is 7.97. The van der Waals surface area contributed by atoms with E-state index in [0.717, 1.165) is 71.4 Å². The number of unbranched alkanes of at least 4 members (excludes halogenated alkanes) is 7. The highest BCUT2D eigenvalue weighted by Gasteiger charge is 2.42. The van der Waals surface area contributed by atoms with Gasteiger partial charge in [-0.2, -0.15) is 0 Å². The molecular formula is C35H43NO6. The number of rotatable bonds is 16. The molecule has 1 aliphatic rings. The molecule has 7 heteroatoms. The number of aliphatic hydroxyl groups is 1. The fraction of sp³-hybridized carbons (Fsp3) is 0.457. The van der Waals surface area contributed by atoms with Gasteiger partial charge in [0.1, 0.15) is 18.3 Å². The molecule has 2 unspecified atom stereocenters. The number of cyclic esters (lactones) is 1. The van der Waals surface area contributed by atoms with Gasteiger partial charge in [-0.25, -0.2) is 9.69 Å². The van der Waals surface area contributed by atoms with Crippen molar-refractivity contribution < 1.29 is 28.6 Å². The molecule has 0 radical (unpaired) electrons. The molecule has 2 heterocycles. The number of amides is 2. The van der Waals surface area contributed by atoms with E-state index in [1.54, 1.807) is 6.07 Å². The van der Waals surface area contributed by atoms with E-state index < -0.39 is 29.7 Å². The van der Waals surface area contributed by atoms with E-state index in [1.807, 2.05) is 55.5 Å². The second-order valence-electron chi connectivity index (χ2n) is 11.3. The lowest BCUT2D eigenvalue weighted by Crippen LogP contribution is -2.44. The Morgan fingerprint density at radius 2 is 1.62 bits per heavy atom. The van der Waals surface area contributed by atoms with E-state index in [9.17, 15) is 14.4 Å². The minimum absolute atomic E-state index is 0.103. The monoisotopic (exact) mass is 573 g/mol. The quantitative estimate of drug-likeness (QED) is 0.110. The number of hydrogen-bond acceptors (Lipinski definition) is 6. The van der Waals surface area contributed by atoms with Gasteiger partial charge in [0.25, 0.3) is 0 Å². The topological polar surface area (TPSA) is 97.1 Å². The molecule has 2 atom stereocenters. The Morgan fingerprint density at radius 1 is 0.929 bits per heavy atom. The molecule has 224 valence electrons. The Bertz CT molecular complexity index is 1330. The lowest BCUT2D eigenvalue weighted by molar-refractivity contribution is -0.131. The van der Waals surface area contributed by atoms with Crippen LogP contribution in [0.25, 0.3) is 11.1 Å². The van der Waals surface area contributed by atoms with Crippen molar-refractivity contribution in [1.82, 2.24) is 4.90 Å². The number of furan rings is 1. The van der Waals surface area contributed by atoms with Crippen molar-refractivity contribution in [1.29, 1.82) is 0 Å². The highest BCUT2D eigenvalue weighted by Crippen LogP contribution is 2.31. The highest BCUT2D eigenvalue weighted by molar-refractivity contribution is 6.12. The number of aryl methyl sites for hydroxylation is 2. The number of ether oxygens (including phenoxy) is 1. The number of hydrogen-bond donors (Lipinski definition) is 1. The van der Waals surface area contributed by atoms with Crippen molar-refractivity contribution >= 4 is 17.8 Å². The minimum Gasteiger partial charge on any atom is -0.457 e. The smallest absolute Gasteiger partial charge is 0.417 e. The van der Waals surface area contributed by atoms with Gasteiger partial charge in [-0.1, -0.05) is 98.7 Å². The Hall–Kier alpha value is -3.71. The van der Waals surface area contributed by atoms with Crippen molar-refractivity contribution in [3.63, 3.8) is 0 Å². The zero-order valence-electron chi connectivity index (χ0n) is 24.8. The summed E-state index contributed by atoms with van der Waals surface area (Å²) in [5.41, 5.74) is 3.93. The molecule has 7 nitrogen and oxygen atoms in total. The molecule has 1 aromatic heterocycles. The third kappa shape index (κ3) is 8.19. The van der Waals surface area contributed by atoms with Crippen LogP contribution in [0.5, 0.6) is 0 Å². The molecule has 42 heavy (non-hydrogen) atoms. The zero-order valence-corrected chi connectivity index (χ0v) is 24.8. The lowest BCUT2D eigenvalue weighted by atomic mass is 9.98. The normalized spacial score (nSPS) is 15.5. The minimum atomic E-state index is -1.09. The molecule has 0 aliphatic carbocycles. The van der Waals surface area contributed by atoms with Crippen LogP contribution in [0, 0.1) is 12.8 Å². The maximum atomic E-state index is 13.6. The zero-order chi connectivity index (χ0) is 29.9. The maximum absolute atomic E-state index is 13.6. The molecule has 4 rings (SSSR count). The van der Waals surface area contributed by atoms with Gasteiger partial charge in [0.15, 0.2) is 5.76 Å². The van der Waals surface area contributed by atoms with Crippen LogP contribution >= 0.6 is 0 Å². The van der Waals surface area contributed by atoms with Crippen LogP contribution < -0.4 is 0 Å². The highest BCUT2D eigenvalue weighted by atomic mass is 16.6. The first-order valence-corrected chi connectivity index (χ1v) is 15.3. The summed E-state index contributed by atoms with van der Waals surface area (Å²) in [5.74, 6) is -1.23. The van der Waals surface area contributed by atoms with Gasteiger partial charge in [0, 0.05) is 18.6 Å². The number of aliphatic hydroxyl groups excluding tert-OH is 1. The van der Waals surface area contributed by atoms with E-state index >= 15 is 0 Å². The van der Waals surface area contributed by atoms with Gasteiger partial charge in [0.2, 0.25) is 11.7 Å². The van der Waals surface area contributed by atoms with Crippen molar-refractivity contribution in [3.8, 4) is 11.1 Å². The first kappa shape index (κ1) is 31.2. The molecule has 1 N–H and O–H groups in total. The summed E-state index contributed by atoms with van der Waals surface area (Å²) in [6.07, 6.45) is 9.03. The molecule has 1 fully saturated rings. The number of benzene rings is 2. The third-order valence-electron chi connectivity index (χ3n) is 7.97. The Balaban J connectivity index is 1.44.